The second-order valence-corrected chi connectivity index (χ2v) is 5.93. The van der Waals surface area contributed by atoms with Crippen molar-refractivity contribution in [2.24, 2.45) is 4.99 Å². The molecule has 8 heteroatoms. The summed E-state index contributed by atoms with van der Waals surface area (Å²) in [6.45, 7) is 2.29. The Morgan fingerprint density at radius 1 is 1.12 bits per heavy atom. The zero-order chi connectivity index (χ0) is 17.4. The summed E-state index contributed by atoms with van der Waals surface area (Å²) < 4.78 is 13.7. The van der Waals surface area contributed by atoms with Crippen LogP contribution >= 0.6 is 39.9 Å². The average Bonchev–Trinajstić information content (AvgIpc) is 3.11. The molecule has 2 rings (SSSR count). The van der Waals surface area contributed by atoms with Gasteiger partial charge in [0.1, 0.15) is 0 Å². The number of ether oxygens (including phenoxy) is 2. The summed E-state index contributed by atoms with van der Waals surface area (Å²) in [7, 11) is 5.01. The second-order valence-electron chi connectivity index (χ2n) is 5.07. The van der Waals surface area contributed by atoms with Crippen LogP contribution in [0.4, 0.5) is 0 Å². The molecule has 1 aromatic carbocycles. The van der Waals surface area contributed by atoms with E-state index in [1.165, 1.54) is 0 Å². The number of methoxy groups -OCH3 is 2. The van der Waals surface area contributed by atoms with Gasteiger partial charge in [-0.25, -0.2) is 0 Å². The van der Waals surface area contributed by atoms with Gasteiger partial charge in [-0.1, -0.05) is 15.9 Å². The van der Waals surface area contributed by atoms with E-state index in [-0.39, 0.29) is 24.0 Å². The molecule has 0 aliphatic rings. The third kappa shape index (κ3) is 6.43. The van der Waals surface area contributed by atoms with Crippen molar-refractivity contribution < 1.29 is 9.47 Å². The van der Waals surface area contributed by atoms with Crippen molar-refractivity contribution in [1.82, 2.24) is 15.2 Å². The number of rotatable bonds is 7. The standard InChI is InChI=1S/C17H23BrN4O2.HI/c1-19-17(20-6-9-22-7-4-5-8-22)21-12-13-10-15(23-2)16(24-3)11-14(13)18;/h4-5,7-8,10-11H,6,9,12H2,1-3H3,(H2,19,20,21);1H. The average molecular weight is 523 g/mol. The molecule has 0 fully saturated rings. The summed E-state index contributed by atoms with van der Waals surface area (Å²) >= 11 is 3.56. The molecule has 0 bridgehead atoms. The first-order chi connectivity index (χ1) is 11.7. The quantitative estimate of drug-likeness (QED) is 0.333. The van der Waals surface area contributed by atoms with Crippen LogP contribution in [0, 0.1) is 0 Å². The lowest BCUT2D eigenvalue weighted by Gasteiger charge is -2.15. The van der Waals surface area contributed by atoms with Crippen LogP contribution in [0.1, 0.15) is 5.56 Å². The highest BCUT2D eigenvalue weighted by atomic mass is 127. The lowest BCUT2D eigenvalue weighted by atomic mass is 10.2. The fourth-order valence-corrected chi connectivity index (χ4v) is 2.72. The fourth-order valence-electron chi connectivity index (χ4n) is 2.25. The number of aliphatic imine (C=N–C) groups is 1. The molecule has 0 radical (unpaired) electrons. The smallest absolute Gasteiger partial charge is 0.191 e. The molecule has 25 heavy (non-hydrogen) atoms. The molecule has 0 spiro atoms. The van der Waals surface area contributed by atoms with Crippen molar-refractivity contribution in [2.45, 2.75) is 13.1 Å². The molecule has 6 nitrogen and oxygen atoms in total. The van der Waals surface area contributed by atoms with E-state index >= 15 is 0 Å². The Morgan fingerprint density at radius 2 is 1.76 bits per heavy atom. The van der Waals surface area contributed by atoms with Gasteiger partial charge in [-0.2, -0.15) is 0 Å². The molecule has 0 saturated carbocycles. The maximum Gasteiger partial charge on any atom is 0.191 e. The second kappa shape index (κ2) is 11.2. The summed E-state index contributed by atoms with van der Waals surface area (Å²) in [6.07, 6.45) is 4.08. The minimum atomic E-state index is 0. The van der Waals surface area contributed by atoms with Crippen molar-refractivity contribution in [2.75, 3.05) is 27.8 Å². The van der Waals surface area contributed by atoms with E-state index in [1.54, 1.807) is 21.3 Å². The zero-order valence-corrected chi connectivity index (χ0v) is 18.5. The highest BCUT2D eigenvalue weighted by Gasteiger charge is 2.10. The van der Waals surface area contributed by atoms with Gasteiger partial charge in [0.2, 0.25) is 0 Å². The number of hydrogen-bond acceptors (Lipinski definition) is 3. The number of halogens is 2. The molecule has 0 saturated heterocycles. The Kier molecular flexibility index (Phi) is 9.73. The van der Waals surface area contributed by atoms with Crippen LogP contribution in [-0.2, 0) is 13.1 Å². The first-order valence-electron chi connectivity index (χ1n) is 7.63. The highest BCUT2D eigenvalue weighted by Crippen LogP contribution is 2.33. The van der Waals surface area contributed by atoms with E-state index in [4.69, 9.17) is 9.47 Å². The van der Waals surface area contributed by atoms with Gasteiger partial charge in [-0.05, 0) is 29.8 Å². The van der Waals surface area contributed by atoms with E-state index in [0.717, 1.165) is 29.1 Å². The lowest BCUT2D eigenvalue weighted by Crippen LogP contribution is -2.38. The molecular formula is C17H24BrIN4O2. The first-order valence-corrected chi connectivity index (χ1v) is 8.43. The van der Waals surface area contributed by atoms with Crippen LogP contribution in [-0.4, -0.2) is 38.3 Å². The number of benzene rings is 1. The summed E-state index contributed by atoms with van der Waals surface area (Å²) in [5.41, 5.74) is 1.06. The summed E-state index contributed by atoms with van der Waals surface area (Å²) in [5.74, 6) is 2.15. The molecule has 0 aliphatic heterocycles. The number of aromatic nitrogens is 1. The third-order valence-corrected chi connectivity index (χ3v) is 4.29. The van der Waals surface area contributed by atoms with Crippen LogP contribution in [0.5, 0.6) is 11.5 Å². The summed E-state index contributed by atoms with van der Waals surface area (Å²) in [6, 6.07) is 7.88. The SMILES string of the molecule is CN=C(NCCn1cccc1)NCc1cc(OC)c(OC)cc1Br.I. The minimum Gasteiger partial charge on any atom is -0.493 e. The molecule has 138 valence electrons. The maximum atomic E-state index is 5.35. The van der Waals surface area contributed by atoms with Crippen molar-refractivity contribution in [3.63, 3.8) is 0 Å². The highest BCUT2D eigenvalue weighted by molar-refractivity contribution is 14.0. The number of nitrogens with one attached hydrogen (secondary N) is 2. The predicted molar refractivity (Wildman–Crippen MR) is 115 cm³/mol. The van der Waals surface area contributed by atoms with Crippen molar-refractivity contribution in [3.8, 4) is 11.5 Å². The molecule has 1 aromatic heterocycles. The van der Waals surface area contributed by atoms with Crippen molar-refractivity contribution in [3.05, 3.63) is 46.7 Å². The Balaban J connectivity index is 0.00000312. The zero-order valence-electron chi connectivity index (χ0n) is 14.6. The Bertz CT molecular complexity index is 678. The minimum absolute atomic E-state index is 0. The fraction of sp³-hybridized carbons (Fsp3) is 0.353. The Morgan fingerprint density at radius 3 is 2.36 bits per heavy atom. The van der Waals surface area contributed by atoms with Crippen LogP contribution in [0.2, 0.25) is 0 Å². The maximum absolute atomic E-state index is 5.35. The van der Waals surface area contributed by atoms with Crippen molar-refractivity contribution in [1.29, 1.82) is 0 Å². The first kappa shape index (κ1) is 21.6. The van der Waals surface area contributed by atoms with Crippen LogP contribution < -0.4 is 20.1 Å². The molecule has 0 amide bonds. The molecule has 2 aromatic rings. The Hall–Kier alpha value is -1.42. The molecule has 0 atom stereocenters. The third-order valence-electron chi connectivity index (χ3n) is 3.55. The number of guanidine groups is 1. The largest absolute Gasteiger partial charge is 0.493 e. The summed E-state index contributed by atoms with van der Waals surface area (Å²) in [5, 5.41) is 6.59. The Labute approximate surface area is 174 Å². The van der Waals surface area contributed by atoms with Crippen LogP contribution in [0.15, 0.2) is 46.1 Å². The van der Waals surface area contributed by atoms with Gasteiger partial charge in [0.25, 0.3) is 0 Å². The van der Waals surface area contributed by atoms with Gasteiger partial charge in [-0.15, -0.1) is 24.0 Å². The topological polar surface area (TPSA) is 59.8 Å². The van der Waals surface area contributed by atoms with Gasteiger partial charge in [0, 0.05) is 43.5 Å². The van der Waals surface area contributed by atoms with E-state index in [9.17, 15) is 0 Å². The molecule has 0 unspecified atom stereocenters. The van der Waals surface area contributed by atoms with Gasteiger partial charge < -0.3 is 24.7 Å². The van der Waals surface area contributed by atoms with E-state index in [0.29, 0.717) is 18.0 Å². The molecule has 1 heterocycles. The summed E-state index contributed by atoms with van der Waals surface area (Å²) in [4.78, 5) is 4.24. The normalized spacial score (nSPS) is 10.8. The van der Waals surface area contributed by atoms with Crippen LogP contribution in [0.25, 0.3) is 0 Å². The van der Waals surface area contributed by atoms with E-state index < -0.39 is 0 Å². The monoisotopic (exact) mass is 522 g/mol. The molecule has 0 aliphatic carbocycles. The van der Waals surface area contributed by atoms with Crippen molar-refractivity contribution >= 4 is 45.9 Å². The lowest BCUT2D eigenvalue weighted by molar-refractivity contribution is 0.354. The number of hydrogen-bond donors (Lipinski definition) is 2. The molecule has 2 N–H and O–H groups in total. The van der Waals surface area contributed by atoms with E-state index in [1.807, 2.05) is 36.7 Å². The predicted octanol–water partition coefficient (Wildman–Crippen LogP) is 3.25. The van der Waals surface area contributed by atoms with Gasteiger partial charge >= 0.3 is 0 Å². The van der Waals surface area contributed by atoms with E-state index in [2.05, 4.69) is 36.1 Å². The van der Waals surface area contributed by atoms with Crippen LogP contribution in [0.3, 0.4) is 0 Å². The van der Waals surface area contributed by atoms with Gasteiger partial charge in [0.15, 0.2) is 17.5 Å². The van der Waals surface area contributed by atoms with Gasteiger partial charge in [0.05, 0.1) is 14.2 Å². The molecular weight excluding hydrogens is 499 g/mol. The van der Waals surface area contributed by atoms with Gasteiger partial charge in [-0.3, -0.25) is 4.99 Å². The number of nitrogens with zero attached hydrogens (tertiary/aromatic N) is 2.